The van der Waals surface area contributed by atoms with Gasteiger partial charge in [0.05, 0.1) is 0 Å². The van der Waals surface area contributed by atoms with Crippen molar-refractivity contribution >= 4 is 0 Å². The highest BCUT2D eigenvalue weighted by molar-refractivity contribution is 4.86. The minimum atomic E-state index is 0.427. The Morgan fingerprint density at radius 1 is 1.06 bits per heavy atom. The summed E-state index contributed by atoms with van der Waals surface area (Å²) in [5, 5.41) is 0. The first-order chi connectivity index (χ1) is 8.18. The van der Waals surface area contributed by atoms with Crippen molar-refractivity contribution in [3.63, 3.8) is 0 Å². The molecule has 1 aliphatic heterocycles. The molecule has 3 unspecified atom stereocenters. The average molecular weight is 238 g/mol. The number of hydrogen-bond donors (Lipinski definition) is 1. The fourth-order valence-electron chi connectivity index (χ4n) is 3.61. The van der Waals surface area contributed by atoms with Crippen LogP contribution in [0, 0.1) is 11.8 Å². The standard InChI is InChI=1S/C15H30N2/c1-12-13(2)17(11-9-15(12)16)10-8-14-6-4-3-5-7-14/h12-15H,3-11,16H2,1-2H3. The molecule has 0 spiro atoms. The molecule has 2 fully saturated rings. The molecule has 0 bridgehead atoms. The van der Waals surface area contributed by atoms with Crippen LogP contribution >= 0.6 is 0 Å². The van der Waals surface area contributed by atoms with E-state index in [2.05, 4.69) is 18.7 Å². The molecule has 1 aliphatic carbocycles. The summed E-state index contributed by atoms with van der Waals surface area (Å²) in [6, 6.07) is 1.11. The summed E-state index contributed by atoms with van der Waals surface area (Å²) in [7, 11) is 0. The quantitative estimate of drug-likeness (QED) is 0.819. The van der Waals surface area contributed by atoms with Crippen molar-refractivity contribution in [1.29, 1.82) is 0 Å². The van der Waals surface area contributed by atoms with E-state index >= 15 is 0 Å². The van der Waals surface area contributed by atoms with Crippen LogP contribution in [0.5, 0.6) is 0 Å². The van der Waals surface area contributed by atoms with E-state index in [1.54, 1.807) is 0 Å². The van der Waals surface area contributed by atoms with Crippen molar-refractivity contribution in [2.75, 3.05) is 13.1 Å². The largest absolute Gasteiger partial charge is 0.327 e. The van der Waals surface area contributed by atoms with Crippen molar-refractivity contribution in [2.24, 2.45) is 17.6 Å². The normalized spacial score (nSPS) is 37.2. The Kier molecular flexibility index (Phi) is 4.87. The van der Waals surface area contributed by atoms with Gasteiger partial charge in [-0.25, -0.2) is 0 Å². The van der Waals surface area contributed by atoms with Crippen molar-refractivity contribution in [3.05, 3.63) is 0 Å². The molecular weight excluding hydrogens is 208 g/mol. The minimum Gasteiger partial charge on any atom is -0.327 e. The Bertz CT molecular complexity index is 223. The number of likely N-dealkylation sites (tertiary alicyclic amines) is 1. The van der Waals surface area contributed by atoms with Gasteiger partial charge < -0.3 is 10.6 Å². The van der Waals surface area contributed by atoms with E-state index in [4.69, 9.17) is 5.73 Å². The summed E-state index contributed by atoms with van der Waals surface area (Å²) in [5.74, 6) is 1.68. The Hall–Kier alpha value is -0.0800. The van der Waals surface area contributed by atoms with Gasteiger partial charge in [0.1, 0.15) is 0 Å². The molecule has 3 atom stereocenters. The lowest BCUT2D eigenvalue weighted by Crippen LogP contribution is -2.52. The maximum absolute atomic E-state index is 6.14. The molecule has 0 amide bonds. The predicted octanol–water partition coefficient (Wildman–Crippen LogP) is 3.01. The third-order valence-electron chi connectivity index (χ3n) is 5.31. The third kappa shape index (κ3) is 3.45. The number of hydrogen-bond acceptors (Lipinski definition) is 2. The SMILES string of the molecule is CC1C(N)CCN(CCC2CCCCC2)C1C. The third-order valence-corrected chi connectivity index (χ3v) is 5.31. The van der Waals surface area contributed by atoms with Gasteiger partial charge in [-0.2, -0.15) is 0 Å². The van der Waals surface area contributed by atoms with E-state index in [0.717, 1.165) is 5.92 Å². The van der Waals surface area contributed by atoms with Gasteiger partial charge in [0.25, 0.3) is 0 Å². The maximum atomic E-state index is 6.14. The van der Waals surface area contributed by atoms with Crippen LogP contribution in [0.25, 0.3) is 0 Å². The fourth-order valence-corrected chi connectivity index (χ4v) is 3.61. The number of nitrogens with zero attached hydrogens (tertiary/aromatic N) is 1. The van der Waals surface area contributed by atoms with Gasteiger partial charge in [-0.1, -0.05) is 39.0 Å². The van der Waals surface area contributed by atoms with Crippen LogP contribution in [0.3, 0.4) is 0 Å². The Morgan fingerprint density at radius 3 is 2.47 bits per heavy atom. The van der Waals surface area contributed by atoms with Gasteiger partial charge in [-0.15, -0.1) is 0 Å². The molecule has 2 nitrogen and oxygen atoms in total. The van der Waals surface area contributed by atoms with Crippen LogP contribution in [0.4, 0.5) is 0 Å². The molecule has 17 heavy (non-hydrogen) atoms. The highest BCUT2D eigenvalue weighted by atomic mass is 15.2. The van der Waals surface area contributed by atoms with Gasteiger partial charge >= 0.3 is 0 Å². The van der Waals surface area contributed by atoms with E-state index in [1.165, 1.54) is 58.0 Å². The van der Waals surface area contributed by atoms with Crippen LogP contribution in [0.15, 0.2) is 0 Å². The summed E-state index contributed by atoms with van der Waals surface area (Å²) in [4.78, 5) is 2.68. The second-order valence-corrected chi connectivity index (χ2v) is 6.38. The van der Waals surface area contributed by atoms with Gasteiger partial charge in [-0.05, 0) is 44.7 Å². The topological polar surface area (TPSA) is 29.3 Å². The molecule has 1 heterocycles. The van der Waals surface area contributed by atoms with Crippen molar-refractivity contribution < 1.29 is 0 Å². The smallest absolute Gasteiger partial charge is 0.0107 e. The molecule has 100 valence electrons. The lowest BCUT2D eigenvalue weighted by molar-refractivity contribution is 0.0891. The van der Waals surface area contributed by atoms with Crippen LogP contribution < -0.4 is 5.73 Å². The molecule has 2 rings (SSSR count). The van der Waals surface area contributed by atoms with Crippen LogP contribution in [-0.2, 0) is 0 Å². The first kappa shape index (κ1) is 13.4. The molecule has 0 aromatic rings. The zero-order chi connectivity index (χ0) is 12.3. The van der Waals surface area contributed by atoms with Gasteiger partial charge in [0.15, 0.2) is 0 Å². The summed E-state index contributed by atoms with van der Waals surface area (Å²) in [5.41, 5.74) is 6.14. The first-order valence-corrected chi connectivity index (χ1v) is 7.68. The van der Waals surface area contributed by atoms with Crippen LogP contribution in [0.1, 0.15) is 58.8 Å². The van der Waals surface area contributed by atoms with E-state index in [0.29, 0.717) is 18.0 Å². The lowest BCUT2D eigenvalue weighted by Gasteiger charge is -2.42. The van der Waals surface area contributed by atoms with Gasteiger partial charge in [0.2, 0.25) is 0 Å². The van der Waals surface area contributed by atoms with Crippen LogP contribution in [-0.4, -0.2) is 30.1 Å². The summed E-state index contributed by atoms with van der Waals surface area (Å²) >= 11 is 0. The van der Waals surface area contributed by atoms with Crippen molar-refractivity contribution in [3.8, 4) is 0 Å². The molecule has 1 saturated heterocycles. The zero-order valence-corrected chi connectivity index (χ0v) is 11.7. The van der Waals surface area contributed by atoms with Crippen molar-refractivity contribution in [1.82, 2.24) is 4.90 Å². The Labute approximate surface area is 107 Å². The molecular formula is C15H30N2. The van der Waals surface area contributed by atoms with E-state index in [9.17, 15) is 0 Å². The minimum absolute atomic E-state index is 0.427. The molecule has 0 aromatic carbocycles. The summed E-state index contributed by atoms with van der Waals surface area (Å²) < 4.78 is 0. The second kappa shape index (κ2) is 6.19. The van der Waals surface area contributed by atoms with E-state index in [-0.39, 0.29) is 0 Å². The van der Waals surface area contributed by atoms with E-state index < -0.39 is 0 Å². The number of rotatable bonds is 3. The Morgan fingerprint density at radius 2 is 1.76 bits per heavy atom. The highest BCUT2D eigenvalue weighted by Crippen LogP contribution is 2.28. The van der Waals surface area contributed by atoms with E-state index in [1.807, 2.05) is 0 Å². The molecule has 0 radical (unpaired) electrons. The first-order valence-electron chi connectivity index (χ1n) is 7.68. The number of piperidine rings is 1. The summed E-state index contributed by atoms with van der Waals surface area (Å²) in [6.45, 7) is 7.22. The fraction of sp³-hybridized carbons (Fsp3) is 1.00. The molecule has 2 aliphatic rings. The van der Waals surface area contributed by atoms with Crippen molar-refractivity contribution in [2.45, 2.75) is 70.9 Å². The molecule has 0 aromatic heterocycles. The van der Waals surface area contributed by atoms with Crippen LogP contribution in [0.2, 0.25) is 0 Å². The predicted molar refractivity (Wildman–Crippen MR) is 74.0 cm³/mol. The summed E-state index contributed by atoms with van der Waals surface area (Å²) in [6.07, 6.45) is 10.0. The average Bonchev–Trinajstić information content (AvgIpc) is 2.36. The lowest BCUT2D eigenvalue weighted by atomic mass is 9.85. The zero-order valence-electron chi connectivity index (χ0n) is 11.7. The number of nitrogens with two attached hydrogens (primary N) is 1. The molecule has 2 heteroatoms. The van der Waals surface area contributed by atoms with Gasteiger partial charge in [-0.3, -0.25) is 0 Å². The van der Waals surface area contributed by atoms with Gasteiger partial charge in [0, 0.05) is 12.1 Å². The highest BCUT2D eigenvalue weighted by Gasteiger charge is 2.30. The Balaban J connectivity index is 1.74. The second-order valence-electron chi connectivity index (χ2n) is 6.38. The maximum Gasteiger partial charge on any atom is 0.0107 e. The molecule has 2 N–H and O–H groups in total. The monoisotopic (exact) mass is 238 g/mol. The molecule has 1 saturated carbocycles.